The Morgan fingerprint density at radius 1 is 1.30 bits per heavy atom. The number of carbonyl (C=O) groups is 1. The lowest BCUT2D eigenvalue weighted by molar-refractivity contribution is -0.118. The summed E-state index contributed by atoms with van der Waals surface area (Å²) in [4.78, 5) is 28.7. The molecule has 2 heterocycles. The molecule has 0 fully saturated rings. The molecule has 118 valence electrons. The molecule has 0 radical (unpaired) electrons. The first-order valence-corrected chi connectivity index (χ1v) is 8.18. The maximum Gasteiger partial charge on any atom is 0.262 e. The van der Waals surface area contributed by atoms with Crippen molar-refractivity contribution in [2.75, 3.05) is 0 Å². The van der Waals surface area contributed by atoms with Crippen LogP contribution in [0.1, 0.15) is 17.5 Å². The second kappa shape index (κ2) is 5.96. The molecule has 0 unspecified atom stereocenters. The molecule has 1 aromatic carbocycles. The number of rotatable bonds is 4. The largest absolute Gasteiger partial charge is 0.370 e. The molecule has 0 aliphatic heterocycles. The fourth-order valence-corrected chi connectivity index (χ4v) is 3.39. The summed E-state index contributed by atoms with van der Waals surface area (Å²) in [5, 5.41) is 2.56. The zero-order valence-electron chi connectivity index (χ0n) is 13.0. The fourth-order valence-electron chi connectivity index (χ4n) is 2.48. The Hall–Kier alpha value is -2.47. The minimum atomic E-state index is -0.434. The molecule has 0 atom stereocenters. The number of carbonyl (C=O) groups excluding carboxylic acids is 1. The number of hydrogen-bond acceptors (Lipinski definition) is 4. The molecule has 0 saturated carbocycles. The molecule has 3 rings (SSSR count). The quantitative estimate of drug-likeness (QED) is 0.800. The van der Waals surface area contributed by atoms with Crippen molar-refractivity contribution >= 4 is 27.5 Å². The van der Waals surface area contributed by atoms with Crippen LogP contribution in [-0.2, 0) is 11.3 Å². The molecule has 5 nitrogen and oxygen atoms in total. The van der Waals surface area contributed by atoms with E-state index >= 15 is 0 Å². The van der Waals surface area contributed by atoms with Crippen molar-refractivity contribution in [1.29, 1.82) is 0 Å². The Bertz CT molecular complexity index is 956. The molecule has 0 saturated heterocycles. The van der Waals surface area contributed by atoms with E-state index in [-0.39, 0.29) is 18.5 Å². The van der Waals surface area contributed by atoms with Gasteiger partial charge in [-0.15, -0.1) is 11.3 Å². The third-order valence-electron chi connectivity index (χ3n) is 3.98. The van der Waals surface area contributed by atoms with Crippen LogP contribution in [0, 0.1) is 13.8 Å². The highest BCUT2D eigenvalue weighted by molar-refractivity contribution is 7.17. The van der Waals surface area contributed by atoms with Gasteiger partial charge in [0.2, 0.25) is 5.91 Å². The number of amides is 1. The van der Waals surface area contributed by atoms with Gasteiger partial charge in [0, 0.05) is 23.9 Å². The van der Waals surface area contributed by atoms with E-state index in [2.05, 4.69) is 31.0 Å². The molecule has 3 aromatic rings. The molecule has 0 spiro atoms. The Morgan fingerprint density at radius 3 is 2.78 bits per heavy atom. The van der Waals surface area contributed by atoms with Gasteiger partial charge in [-0.1, -0.05) is 18.2 Å². The van der Waals surface area contributed by atoms with E-state index in [1.54, 1.807) is 0 Å². The molecule has 2 N–H and O–H groups in total. The van der Waals surface area contributed by atoms with Gasteiger partial charge in [0.15, 0.2) is 0 Å². The van der Waals surface area contributed by atoms with Gasteiger partial charge in [-0.25, -0.2) is 4.98 Å². The van der Waals surface area contributed by atoms with Gasteiger partial charge < -0.3 is 5.73 Å². The molecular formula is C17H17N3O2S. The summed E-state index contributed by atoms with van der Waals surface area (Å²) < 4.78 is 1.45. The summed E-state index contributed by atoms with van der Waals surface area (Å²) in [7, 11) is 0. The van der Waals surface area contributed by atoms with E-state index in [9.17, 15) is 9.59 Å². The summed E-state index contributed by atoms with van der Waals surface area (Å²) >= 11 is 1.45. The summed E-state index contributed by atoms with van der Waals surface area (Å²) in [6, 6.07) is 6.15. The van der Waals surface area contributed by atoms with Gasteiger partial charge in [0.1, 0.15) is 4.83 Å². The van der Waals surface area contributed by atoms with Crippen LogP contribution in [0.25, 0.3) is 21.3 Å². The van der Waals surface area contributed by atoms with E-state index in [0.29, 0.717) is 10.2 Å². The zero-order valence-corrected chi connectivity index (χ0v) is 13.8. The topological polar surface area (TPSA) is 78.0 Å². The van der Waals surface area contributed by atoms with Crippen molar-refractivity contribution in [3.63, 3.8) is 0 Å². The molecule has 0 aliphatic carbocycles. The lowest BCUT2D eigenvalue weighted by Crippen LogP contribution is -2.23. The van der Waals surface area contributed by atoms with Gasteiger partial charge in [-0.3, -0.25) is 14.2 Å². The van der Waals surface area contributed by atoms with Crippen LogP contribution in [0.3, 0.4) is 0 Å². The van der Waals surface area contributed by atoms with Crippen LogP contribution in [0.5, 0.6) is 0 Å². The Balaban J connectivity index is 2.14. The van der Waals surface area contributed by atoms with Gasteiger partial charge >= 0.3 is 0 Å². The molecule has 6 heteroatoms. The van der Waals surface area contributed by atoms with Crippen LogP contribution in [0.15, 0.2) is 34.7 Å². The SMILES string of the molecule is Cc1ccc(-c2csc3ncn(CCC(N)=O)c(=O)c23)cc1C. The number of aryl methyl sites for hydroxylation is 3. The zero-order chi connectivity index (χ0) is 16.6. The van der Waals surface area contributed by atoms with Gasteiger partial charge in [-0.05, 0) is 30.5 Å². The number of aromatic nitrogens is 2. The molecular weight excluding hydrogens is 310 g/mol. The third-order valence-corrected chi connectivity index (χ3v) is 4.86. The fraction of sp³-hybridized carbons (Fsp3) is 0.235. The second-order valence-electron chi connectivity index (χ2n) is 5.59. The van der Waals surface area contributed by atoms with E-state index < -0.39 is 5.91 Å². The number of primary amides is 1. The van der Waals surface area contributed by atoms with Crippen LogP contribution >= 0.6 is 11.3 Å². The maximum absolute atomic E-state index is 12.7. The van der Waals surface area contributed by atoms with Gasteiger partial charge in [-0.2, -0.15) is 0 Å². The average molecular weight is 327 g/mol. The molecule has 0 bridgehead atoms. The average Bonchev–Trinajstić information content (AvgIpc) is 2.94. The van der Waals surface area contributed by atoms with E-state index in [1.807, 2.05) is 11.4 Å². The van der Waals surface area contributed by atoms with Crippen molar-refractivity contribution in [3.8, 4) is 11.1 Å². The van der Waals surface area contributed by atoms with Crippen molar-refractivity contribution in [2.45, 2.75) is 26.8 Å². The van der Waals surface area contributed by atoms with Crippen LogP contribution in [-0.4, -0.2) is 15.5 Å². The summed E-state index contributed by atoms with van der Waals surface area (Å²) in [6.45, 7) is 4.36. The first-order chi connectivity index (χ1) is 11.0. The lowest BCUT2D eigenvalue weighted by atomic mass is 10.0. The van der Waals surface area contributed by atoms with Crippen LogP contribution in [0.2, 0.25) is 0 Å². The van der Waals surface area contributed by atoms with Gasteiger partial charge in [0.25, 0.3) is 5.56 Å². The number of thiophene rings is 1. The van der Waals surface area contributed by atoms with Crippen molar-refractivity contribution in [1.82, 2.24) is 9.55 Å². The van der Waals surface area contributed by atoms with Crippen molar-refractivity contribution < 1.29 is 4.79 Å². The highest BCUT2D eigenvalue weighted by Gasteiger charge is 2.14. The third kappa shape index (κ3) is 2.90. The minimum absolute atomic E-state index is 0.121. The summed E-state index contributed by atoms with van der Waals surface area (Å²) in [5.74, 6) is -0.434. The minimum Gasteiger partial charge on any atom is -0.370 e. The summed E-state index contributed by atoms with van der Waals surface area (Å²) in [5.41, 5.74) is 9.32. The Morgan fingerprint density at radius 2 is 2.09 bits per heavy atom. The molecule has 1 amide bonds. The molecule has 23 heavy (non-hydrogen) atoms. The predicted molar refractivity (Wildman–Crippen MR) is 92.6 cm³/mol. The standard InChI is InChI=1S/C17H17N3O2S/c1-10-3-4-12(7-11(10)2)13-8-23-16-15(13)17(22)20(9-19-16)6-5-14(18)21/h3-4,7-9H,5-6H2,1-2H3,(H2,18,21). The van der Waals surface area contributed by atoms with Crippen LogP contribution in [0.4, 0.5) is 0 Å². The van der Waals surface area contributed by atoms with E-state index in [1.165, 1.54) is 33.4 Å². The summed E-state index contributed by atoms with van der Waals surface area (Å²) in [6.07, 6.45) is 1.60. The monoisotopic (exact) mass is 327 g/mol. The van der Waals surface area contributed by atoms with E-state index in [0.717, 1.165) is 11.1 Å². The van der Waals surface area contributed by atoms with Crippen LogP contribution < -0.4 is 11.3 Å². The first-order valence-electron chi connectivity index (χ1n) is 7.30. The Kier molecular flexibility index (Phi) is 4.00. The van der Waals surface area contributed by atoms with E-state index in [4.69, 9.17) is 5.73 Å². The number of nitrogens with zero attached hydrogens (tertiary/aromatic N) is 2. The highest BCUT2D eigenvalue weighted by Crippen LogP contribution is 2.31. The number of hydrogen-bond donors (Lipinski definition) is 1. The first kappa shape index (κ1) is 15.4. The Labute approximate surface area is 137 Å². The smallest absolute Gasteiger partial charge is 0.262 e. The predicted octanol–water partition coefficient (Wildman–Crippen LogP) is 2.62. The second-order valence-corrected chi connectivity index (χ2v) is 6.45. The normalized spacial score (nSPS) is 11.0. The number of benzene rings is 1. The van der Waals surface area contributed by atoms with Crippen molar-refractivity contribution in [3.05, 3.63) is 51.4 Å². The van der Waals surface area contributed by atoms with Gasteiger partial charge in [0.05, 0.1) is 11.7 Å². The number of fused-ring (bicyclic) bond motifs is 1. The number of nitrogens with two attached hydrogens (primary N) is 1. The molecule has 0 aliphatic rings. The lowest BCUT2D eigenvalue weighted by Gasteiger charge is -2.06. The molecule has 2 aromatic heterocycles. The maximum atomic E-state index is 12.7. The van der Waals surface area contributed by atoms with Crippen molar-refractivity contribution in [2.24, 2.45) is 5.73 Å². The highest BCUT2D eigenvalue weighted by atomic mass is 32.1.